The Kier molecular flexibility index (Phi) is 11.2. The Labute approximate surface area is 342 Å². The zero-order valence-electron chi connectivity index (χ0n) is 34.0. The molecule has 296 valence electrons. The minimum atomic E-state index is -0.833. The summed E-state index contributed by atoms with van der Waals surface area (Å²) in [6, 6.07) is 14.2. The lowest BCUT2D eigenvalue weighted by Gasteiger charge is -2.35. The molecular weight excluding hydrogens is 753 g/mol. The third-order valence-electron chi connectivity index (χ3n) is 11.0. The minimum absolute atomic E-state index is 0.182. The molecule has 5 aromatic rings. The molecule has 2 aliphatic heterocycles. The number of aliphatic imine (C=N–C) groups is 1. The van der Waals surface area contributed by atoms with E-state index in [1.807, 2.05) is 90.4 Å². The molecule has 3 amide bonds. The molecular formula is C44H50N8O3S2. The van der Waals surface area contributed by atoms with E-state index in [0.29, 0.717) is 19.4 Å². The van der Waals surface area contributed by atoms with Gasteiger partial charge >= 0.3 is 0 Å². The topological polar surface area (TPSA) is 134 Å². The SMILES string of the molecule is Cc1ncsc1-c1ccc(C(C)NC(=O)C2CCCN2C(=O)C(NC(=O)/C=C/c2ccc(C3=NC(C)c4nnc(C)n4-c4sc(C)c(C)c43)cc2)C(C)(C)C)cc1. The number of carbonyl (C=O) groups is 3. The summed E-state index contributed by atoms with van der Waals surface area (Å²) in [5.41, 5.74) is 9.29. The molecule has 1 saturated heterocycles. The summed E-state index contributed by atoms with van der Waals surface area (Å²) >= 11 is 3.33. The number of nitrogens with one attached hydrogen (secondary N) is 2. The zero-order valence-corrected chi connectivity index (χ0v) is 35.6. The van der Waals surface area contributed by atoms with E-state index in [9.17, 15) is 14.4 Å². The van der Waals surface area contributed by atoms with Crippen LogP contribution in [0.5, 0.6) is 0 Å². The van der Waals surface area contributed by atoms with Gasteiger partial charge in [0.15, 0.2) is 5.82 Å². The van der Waals surface area contributed by atoms with Gasteiger partial charge in [-0.25, -0.2) is 4.98 Å². The Balaban J connectivity index is 1.01. The van der Waals surface area contributed by atoms with Gasteiger partial charge in [0.1, 0.15) is 29.0 Å². The van der Waals surface area contributed by atoms with E-state index in [0.717, 1.165) is 60.7 Å². The first kappa shape index (κ1) is 39.9. The molecule has 2 aliphatic rings. The molecule has 4 atom stereocenters. The molecule has 0 bridgehead atoms. The van der Waals surface area contributed by atoms with Gasteiger partial charge < -0.3 is 15.5 Å². The molecule has 1 fully saturated rings. The summed E-state index contributed by atoms with van der Waals surface area (Å²) in [5, 5.41) is 16.0. The predicted octanol–water partition coefficient (Wildman–Crippen LogP) is 8.01. The second-order valence-corrected chi connectivity index (χ2v) is 18.2. The molecule has 0 saturated carbocycles. The van der Waals surface area contributed by atoms with E-state index in [2.05, 4.69) is 56.4 Å². The maximum atomic E-state index is 14.2. The van der Waals surface area contributed by atoms with Crippen LogP contribution in [0.25, 0.3) is 21.5 Å². The Bertz CT molecular complexity index is 2380. The molecule has 11 nitrogen and oxygen atoms in total. The molecule has 3 aromatic heterocycles. The molecule has 57 heavy (non-hydrogen) atoms. The number of fused-ring (bicyclic) bond motifs is 3. The van der Waals surface area contributed by atoms with Crippen molar-refractivity contribution in [3.05, 3.63) is 110 Å². The first-order valence-corrected chi connectivity index (χ1v) is 21.1. The largest absolute Gasteiger partial charge is 0.348 e. The van der Waals surface area contributed by atoms with E-state index in [-0.39, 0.29) is 29.8 Å². The predicted molar refractivity (Wildman–Crippen MR) is 228 cm³/mol. The summed E-state index contributed by atoms with van der Waals surface area (Å²) in [4.78, 5) is 54.7. The van der Waals surface area contributed by atoms with Crippen molar-refractivity contribution < 1.29 is 14.4 Å². The highest BCUT2D eigenvalue weighted by molar-refractivity contribution is 7.15. The van der Waals surface area contributed by atoms with Gasteiger partial charge in [0.25, 0.3) is 0 Å². The number of thiazole rings is 1. The Hall–Kier alpha value is -5.27. The van der Waals surface area contributed by atoms with E-state index in [1.54, 1.807) is 33.6 Å². The highest BCUT2D eigenvalue weighted by Crippen LogP contribution is 2.39. The number of thiophene rings is 1. The summed E-state index contributed by atoms with van der Waals surface area (Å²) in [6.07, 6.45) is 4.48. The van der Waals surface area contributed by atoms with Crippen LogP contribution in [-0.4, -0.2) is 66.7 Å². The maximum Gasteiger partial charge on any atom is 0.246 e. The van der Waals surface area contributed by atoms with Crippen molar-refractivity contribution in [2.75, 3.05) is 6.54 Å². The molecule has 0 radical (unpaired) electrons. The lowest BCUT2D eigenvalue weighted by molar-refractivity contribution is -0.143. The number of rotatable bonds is 9. The van der Waals surface area contributed by atoms with Crippen LogP contribution >= 0.6 is 22.7 Å². The van der Waals surface area contributed by atoms with Crippen LogP contribution in [0.1, 0.15) is 110 Å². The molecule has 0 aliphatic carbocycles. The van der Waals surface area contributed by atoms with Crippen LogP contribution in [0.3, 0.4) is 0 Å². The van der Waals surface area contributed by atoms with Crippen molar-refractivity contribution in [3.63, 3.8) is 0 Å². The number of hydrogen-bond acceptors (Lipinski definition) is 9. The molecule has 4 unspecified atom stereocenters. The summed E-state index contributed by atoms with van der Waals surface area (Å²) in [7, 11) is 0. The monoisotopic (exact) mass is 802 g/mol. The van der Waals surface area contributed by atoms with Gasteiger partial charge in [-0.15, -0.1) is 32.9 Å². The Morgan fingerprint density at radius 1 is 0.947 bits per heavy atom. The summed E-state index contributed by atoms with van der Waals surface area (Å²) < 4.78 is 2.12. The fourth-order valence-electron chi connectivity index (χ4n) is 7.61. The fraction of sp³-hybridized carbons (Fsp3) is 0.386. The second-order valence-electron chi connectivity index (χ2n) is 16.1. The molecule has 0 spiro atoms. The van der Waals surface area contributed by atoms with Gasteiger partial charge in [0.2, 0.25) is 17.7 Å². The standard InChI is InChI=1S/C44H50N8O3S2/c1-24-28(5)57-43-36(24)37(46-27(4)40-50-49-29(6)52(40)43)32-15-12-30(13-16-32)14-21-35(53)48-39(44(7,8)9)42(55)51-22-10-11-34(51)41(54)47-25(2)31-17-19-33(20-18-31)38-26(3)45-23-56-38/h12-21,23,25,27,34,39H,10-11,22H2,1-9H3,(H,47,54)(H,48,53)/b21-14+. The Morgan fingerprint density at radius 3 is 2.32 bits per heavy atom. The normalized spacial score (nSPS) is 17.8. The lowest BCUT2D eigenvalue weighted by Crippen LogP contribution is -2.57. The third kappa shape index (κ3) is 8.00. The maximum absolute atomic E-state index is 14.2. The molecule has 2 aromatic carbocycles. The van der Waals surface area contributed by atoms with E-state index in [4.69, 9.17) is 4.99 Å². The number of hydrogen-bond donors (Lipinski definition) is 2. The van der Waals surface area contributed by atoms with Gasteiger partial charge in [0.05, 0.1) is 27.8 Å². The van der Waals surface area contributed by atoms with Crippen LogP contribution in [0.2, 0.25) is 0 Å². The van der Waals surface area contributed by atoms with Crippen molar-refractivity contribution in [2.24, 2.45) is 10.4 Å². The molecule has 13 heteroatoms. The highest BCUT2D eigenvalue weighted by atomic mass is 32.1. The second kappa shape index (κ2) is 15.9. The van der Waals surface area contributed by atoms with Gasteiger partial charge in [-0.2, -0.15) is 0 Å². The number of aromatic nitrogens is 4. The number of likely N-dealkylation sites (tertiary alicyclic amines) is 1. The number of aryl methyl sites for hydroxylation is 3. The van der Waals surface area contributed by atoms with Gasteiger partial charge in [-0.1, -0.05) is 69.3 Å². The zero-order chi connectivity index (χ0) is 40.8. The minimum Gasteiger partial charge on any atom is -0.348 e. The summed E-state index contributed by atoms with van der Waals surface area (Å²) in [6.45, 7) is 18.4. The quantitative estimate of drug-likeness (QED) is 0.145. The van der Waals surface area contributed by atoms with Gasteiger partial charge in [-0.05, 0) is 88.1 Å². The fourth-order valence-corrected chi connectivity index (χ4v) is 9.63. The van der Waals surface area contributed by atoms with Crippen molar-refractivity contribution >= 4 is 52.2 Å². The van der Waals surface area contributed by atoms with E-state index >= 15 is 0 Å². The molecule has 7 rings (SSSR count). The number of nitrogens with zero attached hydrogens (tertiary/aromatic N) is 6. The van der Waals surface area contributed by atoms with Gasteiger partial charge in [0, 0.05) is 28.6 Å². The summed E-state index contributed by atoms with van der Waals surface area (Å²) in [5.74, 6) is 0.823. The number of benzene rings is 2. The van der Waals surface area contributed by atoms with Crippen LogP contribution in [-0.2, 0) is 14.4 Å². The van der Waals surface area contributed by atoms with Crippen LogP contribution < -0.4 is 10.6 Å². The van der Waals surface area contributed by atoms with E-state index in [1.165, 1.54) is 16.5 Å². The highest BCUT2D eigenvalue weighted by Gasteiger charge is 2.42. The smallest absolute Gasteiger partial charge is 0.246 e. The van der Waals surface area contributed by atoms with Crippen molar-refractivity contribution in [3.8, 4) is 15.4 Å². The van der Waals surface area contributed by atoms with Crippen molar-refractivity contribution in [2.45, 2.75) is 99.3 Å². The average Bonchev–Trinajstić information content (AvgIpc) is 3.97. The molecule has 2 N–H and O–H groups in total. The third-order valence-corrected chi connectivity index (χ3v) is 13.1. The van der Waals surface area contributed by atoms with E-state index < -0.39 is 17.5 Å². The van der Waals surface area contributed by atoms with Gasteiger partial charge in [-0.3, -0.25) is 23.9 Å². The Morgan fingerprint density at radius 2 is 1.65 bits per heavy atom. The van der Waals surface area contributed by atoms with Crippen LogP contribution in [0.4, 0.5) is 0 Å². The van der Waals surface area contributed by atoms with Crippen LogP contribution in [0, 0.1) is 33.1 Å². The first-order chi connectivity index (χ1) is 27.1. The lowest BCUT2D eigenvalue weighted by atomic mass is 9.85. The molecule has 5 heterocycles. The first-order valence-electron chi connectivity index (χ1n) is 19.4. The van der Waals surface area contributed by atoms with Crippen LogP contribution in [0.15, 0.2) is 65.1 Å². The number of carbonyl (C=O) groups excluding carboxylic acids is 3. The average molecular weight is 803 g/mol. The number of amides is 3. The van der Waals surface area contributed by atoms with Crippen molar-refractivity contribution in [1.29, 1.82) is 0 Å². The van der Waals surface area contributed by atoms with Crippen molar-refractivity contribution in [1.82, 2.24) is 35.3 Å².